The maximum Gasteiger partial charge on any atom is 0.195 e. The lowest BCUT2D eigenvalue weighted by molar-refractivity contribution is 0.121. The largest absolute Gasteiger partial charge is 0.389 e. The highest BCUT2D eigenvalue weighted by molar-refractivity contribution is 6.31. The molecule has 0 saturated heterocycles. The summed E-state index contributed by atoms with van der Waals surface area (Å²) in [4.78, 5) is 5.19. The SMILES string of the molecule is CC(C)=NN(C)C1=NOCc2ccc(Cl)cc21. The number of oxime groups is 1. The maximum absolute atomic E-state index is 6.00. The van der Waals surface area contributed by atoms with Crippen LogP contribution in [0.2, 0.25) is 5.02 Å². The second-order valence-corrected chi connectivity index (χ2v) is 4.50. The average molecular weight is 252 g/mol. The summed E-state index contributed by atoms with van der Waals surface area (Å²) in [5, 5.41) is 10.7. The summed E-state index contributed by atoms with van der Waals surface area (Å²) in [7, 11) is 1.84. The molecule has 0 radical (unpaired) electrons. The van der Waals surface area contributed by atoms with E-state index in [0.717, 1.165) is 16.8 Å². The zero-order chi connectivity index (χ0) is 12.4. The molecule has 0 unspecified atom stereocenters. The number of benzene rings is 1. The van der Waals surface area contributed by atoms with Crippen molar-refractivity contribution >= 4 is 23.1 Å². The Kier molecular flexibility index (Phi) is 3.33. The molecule has 0 fully saturated rings. The first kappa shape index (κ1) is 11.9. The van der Waals surface area contributed by atoms with Gasteiger partial charge in [-0.15, -0.1) is 0 Å². The van der Waals surface area contributed by atoms with E-state index >= 15 is 0 Å². The minimum absolute atomic E-state index is 0.471. The van der Waals surface area contributed by atoms with Crippen LogP contribution in [0.4, 0.5) is 0 Å². The highest BCUT2D eigenvalue weighted by atomic mass is 35.5. The standard InChI is InChI=1S/C12H14ClN3O/c1-8(2)14-16(3)12-11-6-10(13)5-4-9(11)7-17-15-12/h4-6H,7H2,1-3H3. The van der Waals surface area contributed by atoms with Gasteiger partial charge in [-0.1, -0.05) is 22.8 Å². The van der Waals surface area contributed by atoms with Crippen LogP contribution in [0.3, 0.4) is 0 Å². The summed E-state index contributed by atoms with van der Waals surface area (Å²) in [6, 6.07) is 5.68. The van der Waals surface area contributed by atoms with Crippen molar-refractivity contribution < 1.29 is 4.84 Å². The molecule has 4 nitrogen and oxygen atoms in total. The molecule has 0 bridgehead atoms. The van der Waals surface area contributed by atoms with Crippen LogP contribution in [0.25, 0.3) is 0 Å². The van der Waals surface area contributed by atoms with Crippen LogP contribution < -0.4 is 0 Å². The van der Waals surface area contributed by atoms with Crippen molar-refractivity contribution in [2.75, 3.05) is 7.05 Å². The minimum atomic E-state index is 0.471. The Labute approximate surface area is 106 Å². The molecule has 17 heavy (non-hydrogen) atoms. The van der Waals surface area contributed by atoms with Crippen molar-refractivity contribution in [1.82, 2.24) is 5.01 Å². The molecule has 0 amide bonds. The second-order valence-electron chi connectivity index (χ2n) is 4.06. The van der Waals surface area contributed by atoms with E-state index in [9.17, 15) is 0 Å². The maximum atomic E-state index is 6.00. The van der Waals surface area contributed by atoms with Crippen molar-refractivity contribution in [1.29, 1.82) is 0 Å². The van der Waals surface area contributed by atoms with Gasteiger partial charge in [0.05, 0.1) is 0 Å². The van der Waals surface area contributed by atoms with E-state index in [-0.39, 0.29) is 0 Å². The van der Waals surface area contributed by atoms with Gasteiger partial charge >= 0.3 is 0 Å². The summed E-state index contributed by atoms with van der Waals surface area (Å²) in [6.45, 7) is 4.33. The predicted molar refractivity (Wildman–Crippen MR) is 69.3 cm³/mol. The van der Waals surface area contributed by atoms with Crippen LogP contribution in [0.15, 0.2) is 28.5 Å². The Morgan fingerprint density at radius 2 is 2.24 bits per heavy atom. The van der Waals surface area contributed by atoms with Gasteiger partial charge in [0.25, 0.3) is 0 Å². The van der Waals surface area contributed by atoms with E-state index < -0.39 is 0 Å². The van der Waals surface area contributed by atoms with Gasteiger partial charge in [0, 0.05) is 28.9 Å². The van der Waals surface area contributed by atoms with Crippen LogP contribution in [0, 0.1) is 0 Å². The molecule has 1 aromatic rings. The van der Waals surface area contributed by atoms with Crippen LogP contribution in [0.5, 0.6) is 0 Å². The monoisotopic (exact) mass is 251 g/mol. The minimum Gasteiger partial charge on any atom is -0.389 e. The summed E-state index contributed by atoms with van der Waals surface area (Å²) in [5.41, 5.74) is 2.98. The van der Waals surface area contributed by atoms with Crippen molar-refractivity contribution in [2.24, 2.45) is 10.3 Å². The number of hydrazone groups is 1. The van der Waals surface area contributed by atoms with Gasteiger partial charge in [-0.25, -0.2) is 5.01 Å². The first-order valence-corrected chi connectivity index (χ1v) is 5.70. The van der Waals surface area contributed by atoms with Gasteiger partial charge in [-0.05, 0) is 26.0 Å². The molecule has 1 aliphatic heterocycles. The van der Waals surface area contributed by atoms with E-state index in [4.69, 9.17) is 16.4 Å². The molecule has 5 heteroatoms. The lowest BCUT2D eigenvalue weighted by Gasteiger charge is -2.21. The van der Waals surface area contributed by atoms with Gasteiger partial charge in [0.1, 0.15) is 6.61 Å². The molecule has 0 aliphatic carbocycles. The molecule has 0 atom stereocenters. The molecule has 90 valence electrons. The molecular formula is C12H14ClN3O. The fourth-order valence-electron chi connectivity index (χ4n) is 1.68. The molecule has 1 aromatic carbocycles. The summed E-state index contributed by atoms with van der Waals surface area (Å²) in [5.74, 6) is 0.676. The molecule has 2 rings (SSSR count). The average Bonchev–Trinajstić information content (AvgIpc) is 2.27. The smallest absolute Gasteiger partial charge is 0.195 e. The number of fused-ring (bicyclic) bond motifs is 1. The van der Waals surface area contributed by atoms with E-state index in [1.54, 1.807) is 5.01 Å². The first-order chi connectivity index (χ1) is 8.08. The van der Waals surface area contributed by atoms with Crippen molar-refractivity contribution in [3.63, 3.8) is 0 Å². The van der Waals surface area contributed by atoms with Crippen molar-refractivity contribution in [2.45, 2.75) is 20.5 Å². The molecule has 1 aliphatic rings. The number of amidine groups is 1. The van der Waals surface area contributed by atoms with Crippen LogP contribution in [-0.4, -0.2) is 23.6 Å². The van der Waals surface area contributed by atoms with Gasteiger partial charge in [-0.3, -0.25) is 0 Å². The molecular weight excluding hydrogens is 238 g/mol. The first-order valence-electron chi connectivity index (χ1n) is 5.32. The predicted octanol–water partition coefficient (Wildman–Crippen LogP) is 2.86. The summed E-state index contributed by atoms with van der Waals surface area (Å²) >= 11 is 6.00. The third-order valence-electron chi connectivity index (χ3n) is 2.34. The molecule has 0 N–H and O–H groups in total. The quantitative estimate of drug-likeness (QED) is 0.569. The van der Waals surface area contributed by atoms with Crippen molar-refractivity contribution in [3.8, 4) is 0 Å². The zero-order valence-corrected chi connectivity index (χ0v) is 10.8. The van der Waals surface area contributed by atoms with Crippen LogP contribution in [0.1, 0.15) is 25.0 Å². The molecule has 0 saturated carbocycles. The third kappa shape index (κ3) is 2.58. The number of hydrogen-bond donors (Lipinski definition) is 0. The number of hydrogen-bond acceptors (Lipinski definition) is 4. The van der Waals surface area contributed by atoms with E-state index in [0.29, 0.717) is 17.5 Å². The fraction of sp³-hybridized carbons (Fsp3) is 0.333. The van der Waals surface area contributed by atoms with Gasteiger partial charge in [-0.2, -0.15) is 5.10 Å². The lowest BCUT2D eigenvalue weighted by Crippen LogP contribution is -2.27. The third-order valence-corrected chi connectivity index (χ3v) is 2.58. The van der Waals surface area contributed by atoms with E-state index in [1.165, 1.54) is 0 Å². The van der Waals surface area contributed by atoms with Gasteiger partial charge < -0.3 is 4.84 Å². The van der Waals surface area contributed by atoms with Gasteiger partial charge in [0.2, 0.25) is 0 Å². The fourth-order valence-corrected chi connectivity index (χ4v) is 1.85. The summed E-state index contributed by atoms with van der Waals surface area (Å²) in [6.07, 6.45) is 0. The zero-order valence-electron chi connectivity index (χ0n) is 10.1. The second kappa shape index (κ2) is 4.75. The molecule has 1 heterocycles. The lowest BCUT2D eigenvalue weighted by atomic mass is 10.1. The Morgan fingerprint density at radius 3 is 2.94 bits per heavy atom. The Bertz CT molecular complexity index is 493. The highest BCUT2D eigenvalue weighted by Crippen LogP contribution is 2.22. The van der Waals surface area contributed by atoms with Crippen LogP contribution >= 0.6 is 11.6 Å². The van der Waals surface area contributed by atoms with E-state index in [2.05, 4.69) is 10.3 Å². The Hall–Kier alpha value is -1.55. The summed E-state index contributed by atoms with van der Waals surface area (Å²) < 4.78 is 0. The molecule has 0 spiro atoms. The normalized spacial score (nSPS) is 13.3. The topological polar surface area (TPSA) is 37.2 Å². The van der Waals surface area contributed by atoms with Gasteiger partial charge in [0.15, 0.2) is 5.84 Å². The van der Waals surface area contributed by atoms with Crippen molar-refractivity contribution in [3.05, 3.63) is 34.3 Å². The Morgan fingerprint density at radius 1 is 1.47 bits per heavy atom. The Balaban J connectivity index is 2.41. The molecule has 0 aromatic heterocycles. The highest BCUT2D eigenvalue weighted by Gasteiger charge is 2.19. The number of rotatable bonds is 1. The van der Waals surface area contributed by atoms with E-state index in [1.807, 2.05) is 39.1 Å². The number of halogens is 1. The van der Waals surface area contributed by atoms with Crippen LogP contribution in [-0.2, 0) is 11.4 Å². The number of nitrogens with zero attached hydrogens (tertiary/aromatic N) is 3.